The van der Waals surface area contributed by atoms with E-state index in [4.69, 9.17) is 9.15 Å². The zero-order valence-electron chi connectivity index (χ0n) is 13.9. The number of aryl methyl sites for hydroxylation is 2. The number of rotatable bonds is 3. The topological polar surface area (TPSA) is 68.5 Å². The molecule has 24 heavy (non-hydrogen) atoms. The van der Waals surface area contributed by atoms with Crippen LogP contribution in [0.15, 0.2) is 10.5 Å². The van der Waals surface area contributed by atoms with Gasteiger partial charge >= 0.3 is 0 Å². The van der Waals surface area contributed by atoms with Crippen LogP contribution in [-0.4, -0.2) is 40.8 Å². The number of amides is 1. The van der Waals surface area contributed by atoms with Gasteiger partial charge in [-0.1, -0.05) is 13.8 Å². The van der Waals surface area contributed by atoms with Crippen LogP contribution in [-0.2, 0) is 17.6 Å². The molecule has 2 aliphatic rings. The quantitative estimate of drug-likeness (QED) is 0.854. The minimum Gasteiger partial charge on any atom is -0.423 e. The van der Waals surface area contributed by atoms with Gasteiger partial charge in [0.2, 0.25) is 11.8 Å². The number of hydrogen-bond donors (Lipinski definition) is 0. The van der Waals surface area contributed by atoms with Gasteiger partial charge in [-0.15, -0.1) is 21.5 Å². The highest BCUT2D eigenvalue weighted by molar-refractivity contribution is 7.14. The number of aromatic nitrogens is 2. The van der Waals surface area contributed by atoms with E-state index in [0.29, 0.717) is 31.5 Å². The van der Waals surface area contributed by atoms with Crippen LogP contribution in [0.2, 0.25) is 0 Å². The van der Waals surface area contributed by atoms with Gasteiger partial charge in [0.1, 0.15) is 6.04 Å². The van der Waals surface area contributed by atoms with Gasteiger partial charge in [-0.25, -0.2) is 0 Å². The first-order chi connectivity index (χ1) is 11.6. The predicted octanol–water partition coefficient (Wildman–Crippen LogP) is 2.96. The lowest BCUT2D eigenvalue weighted by molar-refractivity contribution is -0.0105. The van der Waals surface area contributed by atoms with Crippen LogP contribution in [0.5, 0.6) is 0 Å². The van der Waals surface area contributed by atoms with E-state index >= 15 is 0 Å². The summed E-state index contributed by atoms with van der Waals surface area (Å²) in [5.41, 5.74) is 1.34. The molecule has 0 spiro atoms. The fraction of sp³-hybridized carbons (Fsp3) is 0.588. The molecule has 1 atom stereocenters. The van der Waals surface area contributed by atoms with Crippen LogP contribution >= 0.6 is 11.3 Å². The zero-order chi connectivity index (χ0) is 16.7. The Kier molecular flexibility index (Phi) is 4.14. The van der Waals surface area contributed by atoms with Crippen molar-refractivity contribution in [3.8, 4) is 0 Å². The molecule has 1 aliphatic carbocycles. The number of carbonyl (C=O) groups is 1. The summed E-state index contributed by atoms with van der Waals surface area (Å²) in [6.45, 7) is 5.50. The normalized spacial score (nSPS) is 20.6. The largest absolute Gasteiger partial charge is 0.423 e. The average molecular weight is 347 g/mol. The van der Waals surface area contributed by atoms with Gasteiger partial charge < -0.3 is 14.1 Å². The summed E-state index contributed by atoms with van der Waals surface area (Å²) in [5.74, 6) is 1.28. The van der Waals surface area contributed by atoms with Gasteiger partial charge in [0.05, 0.1) is 18.1 Å². The molecule has 2 aromatic heterocycles. The molecule has 1 fully saturated rings. The number of hydrogen-bond acceptors (Lipinski definition) is 6. The van der Waals surface area contributed by atoms with Crippen molar-refractivity contribution in [2.24, 2.45) is 0 Å². The van der Waals surface area contributed by atoms with Crippen LogP contribution in [0.25, 0.3) is 0 Å². The van der Waals surface area contributed by atoms with Crippen molar-refractivity contribution in [2.75, 3.05) is 19.8 Å². The Bertz CT molecular complexity index is 731. The minimum absolute atomic E-state index is 0.0481. The maximum atomic E-state index is 13.0. The smallest absolute Gasteiger partial charge is 0.264 e. The van der Waals surface area contributed by atoms with Crippen LogP contribution in [0.1, 0.15) is 64.1 Å². The molecule has 0 saturated carbocycles. The van der Waals surface area contributed by atoms with Gasteiger partial charge in [0, 0.05) is 17.3 Å². The Morgan fingerprint density at radius 2 is 2.25 bits per heavy atom. The molecule has 1 aliphatic heterocycles. The van der Waals surface area contributed by atoms with Gasteiger partial charge in [-0.3, -0.25) is 4.79 Å². The summed E-state index contributed by atoms with van der Waals surface area (Å²) in [4.78, 5) is 17.0. The van der Waals surface area contributed by atoms with E-state index in [1.807, 2.05) is 18.7 Å². The molecule has 2 aromatic rings. The molecule has 0 bridgehead atoms. The maximum Gasteiger partial charge on any atom is 0.264 e. The summed E-state index contributed by atoms with van der Waals surface area (Å²) >= 11 is 1.63. The number of thiophene rings is 1. The van der Waals surface area contributed by atoms with E-state index in [1.54, 1.807) is 11.3 Å². The number of ether oxygens (including phenoxy) is 1. The number of nitrogens with zero attached hydrogens (tertiary/aromatic N) is 3. The molecule has 0 radical (unpaired) electrons. The Hall–Kier alpha value is -1.73. The summed E-state index contributed by atoms with van der Waals surface area (Å²) < 4.78 is 11.3. The molecule has 1 saturated heterocycles. The monoisotopic (exact) mass is 347 g/mol. The van der Waals surface area contributed by atoms with Crippen molar-refractivity contribution in [3.63, 3.8) is 0 Å². The molecule has 3 heterocycles. The van der Waals surface area contributed by atoms with Crippen molar-refractivity contribution in [1.82, 2.24) is 15.1 Å². The lowest BCUT2D eigenvalue weighted by Crippen LogP contribution is -2.43. The summed E-state index contributed by atoms with van der Waals surface area (Å²) in [5, 5.41) is 8.24. The van der Waals surface area contributed by atoms with E-state index in [-0.39, 0.29) is 17.9 Å². The fourth-order valence-electron chi connectivity index (χ4n) is 3.24. The molecule has 6 nitrogen and oxygen atoms in total. The fourth-order valence-corrected chi connectivity index (χ4v) is 4.45. The SMILES string of the molecule is CC(C)c1nnc([C@@H]2COCCN2C(=O)c2cc3c(s2)CCC3)o1. The second kappa shape index (κ2) is 6.29. The summed E-state index contributed by atoms with van der Waals surface area (Å²) in [7, 11) is 0. The van der Waals surface area contributed by atoms with Crippen molar-refractivity contribution >= 4 is 17.2 Å². The first-order valence-electron chi connectivity index (χ1n) is 8.47. The van der Waals surface area contributed by atoms with E-state index in [1.165, 1.54) is 16.9 Å². The van der Waals surface area contributed by atoms with E-state index in [0.717, 1.165) is 17.7 Å². The first-order valence-corrected chi connectivity index (χ1v) is 9.28. The lowest BCUT2D eigenvalue weighted by Gasteiger charge is -2.33. The van der Waals surface area contributed by atoms with Crippen molar-refractivity contribution in [3.05, 3.63) is 33.2 Å². The Labute approximate surface area is 144 Å². The number of morpholine rings is 1. The Morgan fingerprint density at radius 3 is 3.00 bits per heavy atom. The predicted molar refractivity (Wildman–Crippen MR) is 89.3 cm³/mol. The highest BCUT2D eigenvalue weighted by Gasteiger charge is 2.34. The van der Waals surface area contributed by atoms with E-state index < -0.39 is 0 Å². The van der Waals surface area contributed by atoms with Crippen LogP contribution < -0.4 is 0 Å². The third kappa shape index (κ3) is 2.75. The lowest BCUT2D eigenvalue weighted by atomic mass is 10.2. The molecule has 4 rings (SSSR count). The van der Waals surface area contributed by atoms with Gasteiger partial charge in [-0.05, 0) is 30.9 Å². The molecule has 7 heteroatoms. The minimum atomic E-state index is -0.303. The van der Waals surface area contributed by atoms with Gasteiger partial charge in [0.15, 0.2) is 0 Å². The summed E-state index contributed by atoms with van der Waals surface area (Å²) in [6, 6.07) is 1.76. The van der Waals surface area contributed by atoms with Crippen molar-refractivity contribution in [2.45, 2.75) is 45.1 Å². The third-order valence-electron chi connectivity index (χ3n) is 4.58. The zero-order valence-corrected chi connectivity index (χ0v) is 14.8. The third-order valence-corrected chi connectivity index (χ3v) is 5.81. The maximum absolute atomic E-state index is 13.0. The molecule has 128 valence electrons. The van der Waals surface area contributed by atoms with Crippen molar-refractivity contribution in [1.29, 1.82) is 0 Å². The standard InChI is InChI=1S/C17H21N3O3S/c1-10(2)15-18-19-16(23-15)12-9-22-7-6-20(12)17(21)14-8-11-4-3-5-13(11)24-14/h8,10,12H,3-7,9H2,1-2H3/t12-/m0/s1. The van der Waals surface area contributed by atoms with Gasteiger partial charge in [-0.2, -0.15) is 0 Å². The number of carbonyl (C=O) groups excluding carboxylic acids is 1. The molecule has 0 aromatic carbocycles. The van der Waals surface area contributed by atoms with Crippen LogP contribution in [0.3, 0.4) is 0 Å². The Morgan fingerprint density at radius 1 is 1.38 bits per heavy atom. The highest BCUT2D eigenvalue weighted by Crippen LogP contribution is 2.33. The second-order valence-electron chi connectivity index (χ2n) is 6.64. The first kappa shape index (κ1) is 15.8. The molecular formula is C17H21N3O3S. The van der Waals surface area contributed by atoms with E-state index in [9.17, 15) is 4.79 Å². The number of fused-ring (bicyclic) bond motifs is 1. The van der Waals surface area contributed by atoms with Crippen LogP contribution in [0.4, 0.5) is 0 Å². The second-order valence-corrected chi connectivity index (χ2v) is 7.77. The Balaban J connectivity index is 1.59. The molecule has 0 N–H and O–H groups in total. The van der Waals surface area contributed by atoms with E-state index in [2.05, 4.69) is 16.3 Å². The average Bonchev–Trinajstić information content (AvgIpc) is 3.29. The van der Waals surface area contributed by atoms with Gasteiger partial charge in [0.25, 0.3) is 5.91 Å². The molecule has 0 unspecified atom stereocenters. The van der Waals surface area contributed by atoms with Crippen LogP contribution in [0, 0.1) is 0 Å². The van der Waals surface area contributed by atoms with Crippen molar-refractivity contribution < 1.29 is 13.9 Å². The highest BCUT2D eigenvalue weighted by atomic mass is 32.1. The summed E-state index contributed by atoms with van der Waals surface area (Å²) in [6.07, 6.45) is 3.39. The molecule has 1 amide bonds. The molecular weight excluding hydrogens is 326 g/mol.